The van der Waals surface area contributed by atoms with E-state index in [0.29, 0.717) is 6.42 Å². The van der Waals surface area contributed by atoms with Gasteiger partial charge in [0.25, 0.3) is 0 Å². The third kappa shape index (κ3) is 3.57. The Hall–Kier alpha value is -2.67. The smallest absolute Gasteiger partial charge is 0.163 e. The van der Waals surface area contributed by atoms with Crippen molar-refractivity contribution < 1.29 is 4.79 Å². The molecule has 3 aromatic rings. The zero-order chi connectivity index (χ0) is 16.1. The molecule has 0 amide bonds. The molecule has 0 aromatic heterocycles. The molecule has 0 aliphatic heterocycles. The van der Waals surface area contributed by atoms with E-state index in [4.69, 9.17) is 0 Å². The molecule has 0 unspecified atom stereocenters. The second kappa shape index (κ2) is 7.06. The van der Waals surface area contributed by atoms with Crippen LogP contribution in [0.1, 0.15) is 27.9 Å². The SMILES string of the molecule is Cc1c(C(=O)CCc2ccccc2)cccc1-c1ccccc1. The number of hydrogen-bond donors (Lipinski definition) is 0. The largest absolute Gasteiger partial charge is 0.294 e. The highest BCUT2D eigenvalue weighted by Gasteiger charge is 2.12. The third-order valence-electron chi connectivity index (χ3n) is 4.20. The molecule has 0 fully saturated rings. The van der Waals surface area contributed by atoms with E-state index in [0.717, 1.165) is 28.7 Å². The van der Waals surface area contributed by atoms with Gasteiger partial charge in [-0.3, -0.25) is 4.79 Å². The summed E-state index contributed by atoms with van der Waals surface area (Å²) in [6.45, 7) is 2.04. The lowest BCUT2D eigenvalue weighted by atomic mass is 9.93. The summed E-state index contributed by atoms with van der Waals surface area (Å²) in [5.41, 5.74) is 5.40. The molecule has 0 bridgehead atoms. The van der Waals surface area contributed by atoms with Gasteiger partial charge in [-0.2, -0.15) is 0 Å². The van der Waals surface area contributed by atoms with Crippen LogP contribution < -0.4 is 0 Å². The highest BCUT2D eigenvalue weighted by atomic mass is 16.1. The number of hydrogen-bond acceptors (Lipinski definition) is 1. The molecule has 1 heteroatoms. The van der Waals surface area contributed by atoms with Crippen LogP contribution in [0.5, 0.6) is 0 Å². The lowest BCUT2D eigenvalue weighted by molar-refractivity contribution is 0.0982. The molecule has 0 aliphatic rings. The Morgan fingerprint density at radius 1 is 0.783 bits per heavy atom. The van der Waals surface area contributed by atoms with Crippen LogP contribution >= 0.6 is 0 Å². The molecule has 0 aliphatic carbocycles. The summed E-state index contributed by atoms with van der Waals surface area (Å²) in [6.07, 6.45) is 1.33. The Balaban J connectivity index is 1.81. The molecular weight excluding hydrogens is 280 g/mol. The van der Waals surface area contributed by atoms with E-state index >= 15 is 0 Å². The van der Waals surface area contributed by atoms with E-state index in [9.17, 15) is 4.79 Å². The van der Waals surface area contributed by atoms with Gasteiger partial charge < -0.3 is 0 Å². The third-order valence-corrected chi connectivity index (χ3v) is 4.20. The van der Waals surface area contributed by atoms with E-state index in [1.54, 1.807) is 0 Å². The molecule has 0 saturated heterocycles. The molecule has 0 saturated carbocycles. The first-order chi connectivity index (χ1) is 11.3. The maximum atomic E-state index is 12.6. The van der Waals surface area contributed by atoms with Gasteiger partial charge in [0.05, 0.1) is 0 Å². The minimum atomic E-state index is 0.212. The first-order valence-electron chi connectivity index (χ1n) is 7.98. The number of ketones is 1. The normalized spacial score (nSPS) is 10.5. The Labute approximate surface area is 137 Å². The second-order valence-corrected chi connectivity index (χ2v) is 5.75. The van der Waals surface area contributed by atoms with Gasteiger partial charge in [-0.1, -0.05) is 78.9 Å². The Kier molecular flexibility index (Phi) is 4.68. The molecular formula is C22H20O. The maximum absolute atomic E-state index is 12.6. The van der Waals surface area contributed by atoms with Crippen molar-refractivity contribution in [2.24, 2.45) is 0 Å². The van der Waals surface area contributed by atoms with E-state index in [2.05, 4.69) is 30.3 Å². The van der Waals surface area contributed by atoms with E-state index < -0.39 is 0 Å². The molecule has 0 N–H and O–H groups in total. The Morgan fingerprint density at radius 2 is 1.43 bits per heavy atom. The summed E-state index contributed by atoms with van der Waals surface area (Å²) in [7, 11) is 0. The van der Waals surface area contributed by atoms with Gasteiger partial charge in [-0.05, 0) is 35.6 Å². The summed E-state index contributed by atoms with van der Waals surface area (Å²) >= 11 is 0. The minimum Gasteiger partial charge on any atom is -0.294 e. The first kappa shape index (κ1) is 15.2. The van der Waals surface area contributed by atoms with E-state index in [1.807, 2.05) is 55.5 Å². The van der Waals surface area contributed by atoms with Crippen molar-refractivity contribution in [3.63, 3.8) is 0 Å². The maximum Gasteiger partial charge on any atom is 0.163 e. The predicted molar refractivity (Wildman–Crippen MR) is 95.7 cm³/mol. The summed E-state index contributed by atoms with van der Waals surface area (Å²) in [6, 6.07) is 26.4. The van der Waals surface area contributed by atoms with Gasteiger partial charge in [0.1, 0.15) is 0 Å². The lowest BCUT2D eigenvalue weighted by Gasteiger charge is -2.11. The summed E-state index contributed by atoms with van der Waals surface area (Å²) in [5, 5.41) is 0. The number of aryl methyl sites for hydroxylation is 1. The van der Waals surface area contributed by atoms with Crippen LogP contribution in [-0.2, 0) is 6.42 Å². The van der Waals surface area contributed by atoms with Crippen LogP contribution in [0.2, 0.25) is 0 Å². The van der Waals surface area contributed by atoms with Crippen molar-refractivity contribution in [2.75, 3.05) is 0 Å². The van der Waals surface area contributed by atoms with Crippen LogP contribution in [0.25, 0.3) is 11.1 Å². The van der Waals surface area contributed by atoms with Gasteiger partial charge in [0, 0.05) is 12.0 Å². The first-order valence-corrected chi connectivity index (χ1v) is 7.98. The van der Waals surface area contributed by atoms with E-state index in [1.165, 1.54) is 5.56 Å². The molecule has 0 radical (unpaired) electrons. The molecule has 1 nitrogen and oxygen atoms in total. The Morgan fingerprint density at radius 3 is 2.13 bits per heavy atom. The zero-order valence-corrected chi connectivity index (χ0v) is 13.3. The van der Waals surface area contributed by atoms with Gasteiger partial charge in [-0.15, -0.1) is 0 Å². The topological polar surface area (TPSA) is 17.1 Å². The quantitative estimate of drug-likeness (QED) is 0.570. The summed E-state index contributed by atoms with van der Waals surface area (Å²) in [5.74, 6) is 0.212. The van der Waals surface area contributed by atoms with E-state index in [-0.39, 0.29) is 5.78 Å². The van der Waals surface area contributed by atoms with Crippen LogP contribution in [0.3, 0.4) is 0 Å². The van der Waals surface area contributed by atoms with Crippen molar-refractivity contribution in [2.45, 2.75) is 19.8 Å². The number of carbonyl (C=O) groups is 1. The van der Waals surface area contributed by atoms with Crippen molar-refractivity contribution >= 4 is 5.78 Å². The molecule has 3 aromatic carbocycles. The fraction of sp³-hybridized carbons (Fsp3) is 0.136. The highest BCUT2D eigenvalue weighted by molar-refractivity contribution is 5.99. The number of rotatable bonds is 5. The predicted octanol–water partition coefficient (Wildman–Crippen LogP) is 5.48. The number of Topliss-reactive ketones (excluding diaryl/α,β-unsaturated/α-hetero) is 1. The second-order valence-electron chi connectivity index (χ2n) is 5.75. The standard InChI is InChI=1S/C22H20O/c1-17-20(19-11-6-3-7-12-19)13-8-14-21(17)22(23)16-15-18-9-4-2-5-10-18/h2-14H,15-16H2,1H3. The van der Waals surface area contributed by atoms with Gasteiger partial charge in [0.15, 0.2) is 5.78 Å². The minimum absolute atomic E-state index is 0.212. The molecule has 23 heavy (non-hydrogen) atoms. The molecule has 0 atom stereocenters. The average molecular weight is 300 g/mol. The van der Waals surface area contributed by atoms with Crippen LogP contribution in [0.15, 0.2) is 78.9 Å². The monoisotopic (exact) mass is 300 g/mol. The van der Waals surface area contributed by atoms with Crippen molar-refractivity contribution in [1.82, 2.24) is 0 Å². The molecule has 0 heterocycles. The zero-order valence-electron chi connectivity index (χ0n) is 13.3. The summed E-state index contributed by atoms with van der Waals surface area (Å²) < 4.78 is 0. The van der Waals surface area contributed by atoms with Crippen LogP contribution in [-0.4, -0.2) is 5.78 Å². The van der Waals surface area contributed by atoms with Gasteiger partial charge >= 0.3 is 0 Å². The number of benzene rings is 3. The fourth-order valence-corrected chi connectivity index (χ4v) is 2.91. The molecule has 114 valence electrons. The lowest BCUT2D eigenvalue weighted by Crippen LogP contribution is -2.04. The Bertz CT molecular complexity index is 789. The summed E-state index contributed by atoms with van der Waals surface area (Å²) in [4.78, 5) is 12.6. The van der Waals surface area contributed by atoms with Crippen LogP contribution in [0.4, 0.5) is 0 Å². The van der Waals surface area contributed by atoms with Crippen molar-refractivity contribution in [1.29, 1.82) is 0 Å². The number of carbonyl (C=O) groups excluding carboxylic acids is 1. The van der Waals surface area contributed by atoms with Gasteiger partial charge in [-0.25, -0.2) is 0 Å². The highest BCUT2D eigenvalue weighted by Crippen LogP contribution is 2.26. The van der Waals surface area contributed by atoms with Crippen molar-refractivity contribution in [3.05, 3.63) is 95.6 Å². The average Bonchev–Trinajstić information content (AvgIpc) is 2.61. The van der Waals surface area contributed by atoms with Gasteiger partial charge in [0.2, 0.25) is 0 Å². The molecule has 0 spiro atoms. The van der Waals surface area contributed by atoms with Crippen molar-refractivity contribution in [3.8, 4) is 11.1 Å². The fourth-order valence-electron chi connectivity index (χ4n) is 2.91. The molecule has 3 rings (SSSR count). The van der Waals surface area contributed by atoms with Crippen LogP contribution in [0, 0.1) is 6.92 Å².